The number of H-pyrrole nitrogens is 2. The summed E-state index contributed by atoms with van der Waals surface area (Å²) in [5.74, 6) is 0. The lowest BCUT2D eigenvalue weighted by molar-refractivity contribution is -0.386. The van der Waals surface area contributed by atoms with Crippen molar-refractivity contribution in [3.8, 4) is 0 Å². The molecule has 0 atom stereocenters. The maximum Gasteiger partial charge on any atom is 0.357 e. The van der Waals surface area contributed by atoms with E-state index in [0.29, 0.717) is 4.88 Å². The highest BCUT2D eigenvalue weighted by atomic mass is 32.1. The van der Waals surface area contributed by atoms with E-state index >= 15 is 0 Å². The number of hydrogen-bond donors (Lipinski definition) is 2. The molecule has 0 spiro atoms. The Bertz CT molecular complexity index is 861. The van der Waals surface area contributed by atoms with Gasteiger partial charge in [-0.2, -0.15) is 0 Å². The summed E-state index contributed by atoms with van der Waals surface area (Å²) in [6.07, 6.45) is 2.47. The van der Waals surface area contributed by atoms with Gasteiger partial charge in [0, 0.05) is 10.9 Å². The summed E-state index contributed by atoms with van der Waals surface area (Å²) < 4.78 is 0. The van der Waals surface area contributed by atoms with Crippen molar-refractivity contribution in [1.82, 2.24) is 9.97 Å². The second-order valence-corrected chi connectivity index (χ2v) is 4.79. The topological polar surface area (TPSA) is 152 Å². The van der Waals surface area contributed by atoms with Gasteiger partial charge in [0.2, 0.25) is 0 Å². The lowest BCUT2D eigenvalue weighted by Crippen LogP contribution is -2.25. The van der Waals surface area contributed by atoms with E-state index in [1.165, 1.54) is 18.2 Å². The number of thiophene rings is 1. The number of rotatable bonds is 4. The number of nitrogens with one attached hydrogen (secondary N) is 2. The molecule has 2 N–H and O–H groups in total. The van der Waals surface area contributed by atoms with Gasteiger partial charge in [-0.1, -0.05) is 11.3 Å². The summed E-state index contributed by atoms with van der Waals surface area (Å²) in [7, 11) is 0. The summed E-state index contributed by atoms with van der Waals surface area (Å²) >= 11 is 0.849. The van der Waals surface area contributed by atoms with Crippen molar-refractivity contribution in [3.05, 3.63) is 63.8 Å². The van der Waals surface area contributed by atoms with Crippen LogP contribution in [0, 0.1) is 20.2 Å². The molecule has 0 saturated heterocycles. The zero-order chi connectivity index (χ0) is 15.6. The van der Waals surface area contributed by atoms with Crippen LogP contribution in [0.1, 0.15) is 10.6 Å². The zero-order valence-electron chi connectivity index (χ0n) is 10.1. The molecule has 2 rings (SSSR count). The van der Waals surface area contributed by atoms with Gasteiger partial charge in [0.25, 0.3) is 0 Å². The van der Waals surface area contributed by atoms with Crippen LogP contribution in [0.4, 0.5) is 10.7 Å². The highest BCUT2D eigenvalue weighted by Gasteiger charge is 2.18. The minimum Gasteiger partial charge on any atom is -0.301 e. The molecule has 10 nitrogen and oxygen atoms in total. The van der Waals surface area contributed by atoms with E-state index in [4.69, 9.17) is 0 Å². The van der Waals surface area contributed by atoms with Crippen LogP contribution >= 0.6 is 11.3 Å². The predicted molar refractivity (Wildman–Crippen MR) is 74.2 cm³/mol. The molecular formula is C10H6N4O6S. The number of hydrogen-bond acceptors (Lipinski definition) is 7. The molecule has 0 bridgehead atoms. The third-order valence-electron chi connectivity index (χ3n) is 2.33. The molecule has 0 fully saturated rings. The lowest BCUT2D eigenvalue weighted by atomic mass is 10.3. The Morgan fingerprint density at radius 2 is 1.76 bits per heavy atom. The Balaban J connectivity index is 2.45. The molecule has 0 radical (unpaired) electrons. The minimum atomic E-state index is -1.12. The van der Waals surface area contributed by atoms with Crippen LogP contribution < -0.4 is 11.2 Å². The first-order valence-corrected chi connectivity index (χ1v) is 6.13. The third-order valence-corrected chi connectivity index (χ3v) is 3.34. The number of aromatic amines is 2. The molecule has 0 saturated carbocycles. The molecule has 2 aromatic heterocycles. The van der Waals surface area contributed by atoms with Gasteiger partial charge in [0.05, 0.1) is 9.85 Å². The van der Waals surface area contributed by atoms with Crippen molar-refractivity contribution in [1.29, 1.82) is 0 Å². The Kier molecular flexibility index (Phi) is 3.75. The molecule has 0 aliphatic carbocycles. The van der Waals surface area contributed by atoms with Crippen molar-refractivity contribution < 1.29 is 9.85 Å². The molecular weight excluding hydrogens is 304 g/mol. The summed E-state index contributed by atoms with van der Waals surface area (Å²) in [6, 6.07) is 2.72. The van der Waals surface area contributed by atoms with E-state index < -0.39 is 26.8 Å². The molecule has 0 aromatic carbocycles. The van der Waals surface area contributed by atoms with Gasteiger partial charge in [-0.25, -0.2) is 4.79 Å². The van der Waals surface area contributed by atoms with E-state index in [1.807, 2.05) is 0 Å². The van der Waals surface area contributed by atoms with Gasteiger partial charge in [0.1, 0.15) is 5.69 Å². The number of aromatic nitrogens is 2. The van der Waals surface area contributed by atoms with E-state index in [-0.39, 0.29) is 10.7 Å². The quantitative estimate of drug-likeness (QED) is 0.637. The van der Waals surface area contributed by atoms with Crippen LogP contribution in [0.25, 0.3) is 12.2 Å². The van der Waals surface area contributed by atoms with Crippen LogP contribution in [0.15, 0.2) is 21.7 Å². The molecule has 21 heavy (non-hydrogen) atoms. The first-order valence-electron chi connectivity index (χ1n) is 5.32. The summed E-state index contributed by atoms with van der Waals surface area (Å²) in [5.41, 5.74) is -3.11. The molecule has 2 aromatic rings. The minimum absolute atomic E-state index is 0.0939. The number of nitro groups is 2. The summed E-state index contributed by atoms with van der Waals surface area (Å²) in [6.45, 7) is 0. The maximum absolute atomic E-state index is 11.4. The normalized spacial score (nSPS) is 10.9. The molecule has 11 heteroatoms. The van der Waals surface area contributed by atoms with Crippen LogP contribution in [0.5, 0.6) is 0 Å². The SMILES string of the molecule is O=c1[nH]c(/C=C/c2ccc([N+](=O)[O-])s2)c([N+](=O)[O-])c(=O)[nH]1. The maximum atomic E-state index is 11.4. The van der Waals surface area contributed by atoms with Gasteiger partial charge in [-0.05, 0) is 18.2 Å². The predicted octanol–water partition coefficient (Wildman–Crippen LogP) is 1.11. The molecule has 0 aliphatic heterocycles. The van der Waals surface area contributed by atoms with E-state index in [9.17, 15) is 29.8 Å². The summed E-state index contributed by atoms with van der Waals surface area (Å²) in [5, 5.41) is 21.2. The van der Waals surface area contributed by atoms with Gasteiger partial charge in [-0.3, -0.25) is 30.0 Å². The monoisotopic (exact) mass is 310 g/mol. The second kappa shape index (κ2) is 5.50. The van der Waals surface area contributed by atoms with Gasteiger partial charge < -0.3 is 4.98 Å². The Morgan fingerprint density at radius 3 is 2.33 bits per heavy atom. The molecule has 0 amide bonds. The van der Waals surface area contributed by atoms with Crippen molar-refractivity contribution in [2.45, 2.75) is 0 Å². The third kappa shape index (κ3) is 3.09. The zero-order valence-corrected chi connectivity index (χ0v) is 10.9. The van der Waals surface area contributed by atoms with Crippen LogP contribution in [0.3, 0.4) is 0 Å². The van der Waals surface area contributed by atoms with Crippen molar-refractivity contribution >= 4 is 34.2 Å². The molecule has 0 aliphatic rings. The van der Waals surface area contributed by atoms with E-state index in [2.05, 4.69) is 4.98 Å². The highest BCUT2D eigenvalue weighted by molar-refractivity contribution is 7.16. The van der Waals surface area contributed by atoms with E-state index in [0.717, 1.165) is 17.4 Å². The smallest absolute Gasteiger partial charge is 0.301 e. The van der Waals surface area contributed by atoms with Crippen LogP contribution in [-0.2, 0) is 0 Å². The van der Waals surface area contributed by atoms with Gasteiger partial charge in [0.15, 0.2) is 0 Å². The van der Waals surface area contributed by atoms with Crippen molar-refractivity contribution in [2.75, 3.05) is 0 Å². The first-order chi connectivity index (χ1) is 9.88. The number of nitrogens with zero attached hydrogens (tertiary/aromatic N) is 2. The molecule has 0 unspecified atom stereocenters. The standard InChI is InChI=1S/C10H6N4O6S/c15-9-8(14(19)20)6(11-10(16)12-9)3-1-5-2-4-7(21-5)13(17)18/h1-4H,(H2,11,12,15,16)/b3-1+. The Labute approximate surface area is 118 Å². The largest absolute Gasteiger partial charge is 0.357 e. The van der Waals surface area contributed by atoms with Crippen molar-refractivity contribution in [3.63, 3.8) is 0 Å². The Morgan fingerprint density at radius 1 is 1.05 bits per heavy atom. The van der Waals surface area contributed by atoms with Crippen LogP contribution in [-0.4, -0.2) is 19.8 Å². The fourth-order valence-electron chi connectivity index (χ4n) is 1.49. The first kappa shape index (κ1) is 14.3. The summed E-state index contributed by atoms with van der Waals surface area (Å²) in [4.78, 5) is 46.7. The molecule has 2 heterocycles. The van der Waals surface area contributed by atoms with Gasteiger partial charge in [-0.15, -0.1) is 0 Å². The lowest BCUT2D eigenvalue weighted by Gasteiger charge is -1.95. The second-order valence-electron chi connectivity index (χ2n) is 3.69. The fourth-order valence-corrected chi connectivity index (χ4v) is 2.22. The molecule has 108 valence electrons. The Hall–Kier alpha value is -3.08. The van der Waals surface area contributed by atoms with Gasteiger partial charge >= 0.3 is 21.9 Å². The van der Waals surface area contributed by atoms with Crippen molar-refractivity contribution in [2.24, 2.45) is 0 Å². The van der Waals surface area contributed by atoms with E-state index in [1.54, 1.807) is 4.98 Å². The fraction of sp³-hybridized carbons (Fsp3) is 0. The average Bonchev–Trinajstić information content (AvgIpc) is 2.83. The highest BCUT2D eigenvalue weighted by Crippen LogP contribution is 2.25. The van der Waals surface area contributed by atoms with Crippen LogP contribution in [0.2, 0.25) is 0 Å². The average molecular weight is 310 g/mol.